The van der Waals surface area contributed by atoms with Crippen LogP contribution in [-0.4, -0.2) is 55.6 Å². The molecule has 2 atom stereocenters. The fraction of sp³-hybridized carbons (Fsp3) is 0.375. The standard InChI is InChI=1S/C32H41N2O2P/c1-22(33(6)7)35-30-26-16-12-10-14-24(26)18-20-28(30)37(32(3,4)5)29-21-19-25-15-11-13-17-27(25)31(29)36-23(2)34(8)9/h10-23H,1-9H3. The number of fused-ring (bicyclic) bond motifs is 2. The summed E-state index contributed by atoms with van der Waals surface area (Å²) in [5.74, 6) is 1.94. The first kappa shape index (κ1) is 27.4. The highest BCUT2D eigenvalue weighted by Gasteiger charge is 2.34. The van der Waals surface area contributed by atoms with Crippen molar-refractivity contribution in [3.8, 4) is 11.5 Å². The van der Waals surface area contributed by atoms with Gasteiger partial charge in [-0.15, -0.1) is 0 Å². The highest BCUT2D eigenvalue weighted by molar-refractivity contribution is 7.74. The fourth-order valence-electron chi connectivity index (χ4n) is 4.47. The molecule has 4 nitrogen and oxygen atoms in total. The molecule has 5 heteroatoms. The maximum absolute atomic E-state index is 6.76. The van der Waals surface area contributed by atoms with Gasteiger partial charge in [-0.1, -0.05) is 81.4 Å². The number of nitrogens with zero attached hydrogens (tertiary/aromatic N) is 2. The minimum absolute atomic E-state index is 0.0425. The lowest BCUT2D eigenvalue weighted by molar-refractivity contribution is 0.0839. The van der Waals surface area contributed by atoms with Gasteiger partial charge in [-0.25, -0.2) is 0 Å². The Morgan fingerprint density at radius 3 is 1.32 bits per heavy atom. The minimum Gasteiger partial charge on any atom is -0.474 e. The Morgan fingerprint density at radius 2 is 0.973 bits per heavy atom. The third-order valence-corrected chi connectivity index (χ3v) is 9.91. The lowest BCUT2D eigenvalue weighted by Crippen LogP contribution is -2.35. The molecule has 0 aliphatic carbocycles. The van der Waals surface area contributed by atoms with E-state index in [1.807, 2.05) is 0 Å². The molecule has 37 heavy (non-hydrogen) atoms. The number of hydrogen-bond donors (Lipinski definition) is 0. The van der Waals surface area contributed by atoms with Crippen molar-refractivity contribution in [2.24, 2.45) is 0 Å². The summed E-state index contributed by atoms with van der Waals surface area (Å²) in [6.07, 6.45) is -0.134. The van der Waals surface area contributed by atoms with Crippen molar-refractivity contribution in [1.82, 2.24) is 9.80 Å². The van der Waals surface area contributed by atoms with Crippen molar-refractivity contribution in [1.29, 1.82) is 0 Å². The molecule has 0 fully saturated rings. The van der Waals surface area contributed by atoms with Gasteiger partial charge in [0.1, 0.15) is 24.0 Å². The molecule has 196 valence electrons. The Kier molecular flexibility index (Phi) is 8.14. The van der Waals surface area contributed by atoms with Gasteiger partial charge in [0.05, 0.1) is 0 Å². The van der Waals surface area contributed by atoms with Gasteiger partial charge in [0.15, 0.2) is 0 Å². The number of rotatable bonds is 8. The van der Waals surface area contributed by atoms with Crippen molar-refractivity contribution in [2.75, 3.05) is 28.2 Å². The molecule has 0 spiro atoms. The Morgan fingerprint density at radius 1 is 0.595 bits per heavy atom. The zero-order valence-corrected chi connectivity index (χ0v) is 24.6. The van der Waals surface area contributed by atoms with Crippen molar-refractivity contribution in [2.45, 2.75) is 52.2 Å². The molecule has 0 aromatic heterocycles. The smallest absolute Gasteiger partial charge is 0.149 e. The van der Waals surface area contributed by atoms with E-state index in [1.54, 1.807) is 0 Å². The molecule has 0 saturated heterocycles. The lowest BCUT2D eigenvalue weighted by Gasteiger charge is -2.36. The Bertz CT molecular complexity index is 1280. The van der Waals surface area contributed by atoms with Crippen molar-refractivity contribution < 1.29 is 9.47 Å². The molecule has 2 unspecified atom stereocenters. The quantitative estimate of drug-likeness (QED) is 0.190. The summed E-state index contributed by atoms with van der Waals surface area (Å²) in [6, 6.07) is 26.1. The van der Waals surface area contributed by atoms with E-state index in [0.717, 1.165) is 22.3 Å². The van der Waals surface area contributed by atoms with E-state index >= 15 is 0 Å². The van der Waals surface area contributed by atoms with Gasteiger partial charge in [0.2, 0.25) is 0 Å². The lowest BCUT2D eigenvalue weighted by atomic mass is 10.1. The second-order valence-electron chi connectivity index (χ2n) is 11.1. The fourth-order valence-corrected chi connectivity index (χ4v) is 7.37. The molecular formula is C32H41N2O2P. The first-order valence-electron chi connectivity index (χ1n) is 13.0. The van der Waals surface area contributed by atoms with Crippen LogP contribution in [0.2, 0.25) is 0 Å². The predicted molar refractivity (Wildman–Crippen MR) is 161 cm³/mol. The topological polar surface area (TPSA) is 24.9 Å². The van der Waals surface area contributed by atoms with Gasteiger partial charge >= 0.3 is 0 Å². The summed E-state index contributed by atoms with van der Waals surface area (Å²) < 4.78 is 13.5. The van der Waals surface area contributed by atoms with Crippen LogP contribution in [0, 0.1) is 0 Å². The second kappa shape index (κ2) is 11.0. The third-order valence-electron chi connectivity index (χ3n) is 6.90. The van der Waals surface area contributed by atoms with Crippen LogP contribution >= 0.6 is 7.92 Å². The van der Waals surface area contributed by atoms with E-state index in [0.29, 0.717) is 0 Å². The molecule has 0 heterocycles. The Hall–Kier alpha value is -2.65. The number of ether oxygens (including phenoxy) is 2. The van der Waals surface area contributed by atoms with Gasteiger partial charge in [0, 0.05) is 21.4 Å². The molecular weight excluding hydrogens is 475 g/mol. The molecule has 0 radical (unpaired) electrons. The van der Waals surface area contributed by atoms with Gasteiger partial charge in [0.25, 0.3) is 0 Å². The van der Waals surface area contributed by atoms with Gasteiger partial charge in [-0.3, -0.25) is 9.80 Å². The average Bonchev–Trinajstić information content (AvgIpc) is 2.85. The molecule has 4 aromatic rings. The molecule has 4 rings (SSSR count). The predicted octanol–water partition coefficient (Wildman–Crippen LogP) is 6.80. The van der Waals surface area contributed by atoms with Gasteiger partial charge in [-0.2, -0.15) is 0 Å². The third kappa shape index (κ3) is 5.77. The summed E-state index contributed by atoms with van der Waals surface area (Å²) in [5, 5.41) is 7.12. The van der Waals surface area contributed by atoms with Crippen LogP contribution in [0.25, 0.3) is 21.5 Å². The molecule has 0 N–H and O–H groups in total. The Labute approximate surface area is 223 Å². The SMILES string of the molecule is CC(Oc1c(P(c2ccc3ccccc3c2OC(C)N(C)C)C(C)(C)C)ccc2ccccc12)N(C)C. The summed E-state index contributed by atoms with van der Waals surface area (Å²) in [7, 11) is 7.36. The van der Waals surface area contributed by atoms with Crippen LogP contribution in [0.1, 0.15) is 34.6 Å². The first-order chi connectivity index (χ1) is 17.5. The maximum Gasteiger partial charge on any atom is 0.149 e. The van der Waals surface area contributed by atoms with E-state index in [-0.39, 0.29) is 17.6 Å². The molecule has 0 amide bonds. The van der Waals surface area contributed by atoms with Crippen molar-refractivity contribution in [3.63, 3.8) is 0 Å². The molecule has 0 aliphatic rings. The highest BCUT2D eigenvalue weighted by atomic mass is 31.1. The zero-order chi connectivity index (χ0) is 26.9. The normalized spacial score (nSPS) is 14.8. The largest absolute Gasteiger partial charge is 0.474 e. The summed E-state index contributed by atoms with van der Waals surface area (Å²) in [4.78, 5) is 4.21. The number of benzene rings is 4. The van der Waals surface area contributed by atoms with E-state index in [9.17, 15) is 0 Å². The Balaban J connectivity index is 2.02. The second-order valence-corrected chi connectivity index (χ2v) is 14.1. The van der Waals surface area contributed by atoms with Crippen molar-refractivity contribution >= 4 is 40.1 Å². The van der Waals surface area contributed by atoms with Crippen molar-refractivity contribution in [3.05, 3.63) is 72.8 Å². The zero-order valence-electron chi connectivity index (χ0n) is 23.7. The van der Waals surface area contributed by atoms with Crippen LogP contribution in [-0.2, 0) is 0 Å². The summed E-state index contributed by atoms with van der Waals surface area (Å²) in [6.45, 7) is 11.2. The van der Waals surface area contributed by atoms with Crippen LogP contribution < -0.4 is 20.1 Å². The number of hydrogen-bond acceptors (Lipinski definition) is 4. The van der Waals surface area contributed by atoms with Gasteiger partial charge in [-0.05, 0) is 78.0 Å². The highest BCUT2D eigenvalue weighted by Crippen LogP contribution is 2.53. The minimum atomic E-state index is -0.867. The molecule has 0 aliphatic heterocycles. The summed E-state index contributed by atoms with van der Waals surface area (Å²) >= 11 is 0. The van der Waals surface area contributed by atoms with E-state index < -0.39 is 7.92 Å². The first-order valence-corrected chi connectivity index (χ1v) is 14.3. The van der Waals surface area contributed by atoms with Gasteiger partial charge < -0.3 is 9.47 Å². The van der Waals surface area contributed by atoms with E-state index in [2.05, 4.69) is 145 Å². The summed E-state index contributed by atoms with van der Waals surface area (Å²) in [5.41, 5.74) is 0. The van der Waals surface area contributed by atoms with Crippen LogP contribution in [0.5, 0.6) is 11.5 Å². The van der Waals surface area contributed by atoms with Crippen LogP contribution in [0.4, 0.5) is 0 Å². The molecule has 4 aromatic carbocycles. The van der Waals surface area contributed by atoms with Crippen LogP contribution in [0.3, 0.4) is 0 Å². The average molecular weight is 517 g/mol. The molecule has 0 bridgehead atoms. The monoisotopic (exact) mass is 516 g/mol. The van der Waals surface area contributed by atoms with E-state index in [1.165, 1.54) is 21.4 Å². The molecule has 0 saturated carbocycles. The van der Waals surface area contributed by atoms with Crippen LogP contribution in [0.15, 0.2) is 72.8 Å². The van der Waals surface area contributed by atoms with E-state index in [4.69, 9.17) is 9.47 Å². The maximum atomic E-state index is 6.76.